The van der Waals surface area contributed by atoms with Crippen LogP contribution in [-0.4, -0.2) is 30.6 Å². The standard InChI is InChI=1S/C18H26N2S.H2/c1-2-15(12-16-5-6-16)13-19-17-7-9-20(10-8-17)14-18-4-3-11-21-18;/h2-4,11-12,16-17,19H,1,5-10,13-14H2;1H/b15-12+;. The summed E-state index contributed by atoms with van der Waals surface area (Å²) in [6.45, 7) is 8.50. The molecule has 2 nitrogen and oxygen atoms in total. The summed E-state index contributed by atoms with van der Waals surface area (Å²) in [5, 5.41) is 5.89. The lowest BCUT2D eigenvalue weighted by Gasteiger charge is -2.32. The summed E-state index contributed by atoms with van der Waals surface area (Å²) in [5.74, 6) is 0.840. The van der Waals surface area contributed by atoms with Gasteiger partial charge in [0.25, 0.3) is 0 Å². The average Bonchev–Trinajstić information content (AvgIpc) is 3.19. The van der Waals surface area contributed by atoms with Crippen LogP contribution in [0.2, 0.25) is 0 Å². The lowest BCUT2D eigenvalue weighted by Crippen LogP contribution is -2.42. The van der Waals surface area contributed by atoms with Gasteiger partial charge in [-0.05, 0) is 61.7 Å². The first-order valence-corrected chi connectivity index (χ1v) is 9.02. The molecule has 3 rings (SSSR count). The second-order valence-electron chi connectivity index (χ2n) is 6.29. The van der Waals surface area contributed by atoms with Crippen molar-refractivity contribution in [3.8, 4) is 0 Å². The van der Waals surface area contributed by atoms with Gasteiger partial charge in [0.1, 0.15) is 0 Å². The highest BCUT2D eigenvalue weighted by Crippen LogP contribution is 2.31. The summed E-state index contributed by atoms with van der Waals surface area (Å²) in [4.78, 5) is 4.07. The number of likely N-dealkylation sites (tertiary alicyclic amines) is 1. The average molecular weight is 305 g/mol. The van der Waals surface area contributed by atoms with Crippen LogP contribution in [0.3, 0.4) is 0 Å². The molecule has 1 aromatic rings. The van der Waals surface area contributed by atoms with E-state index in [9.17, 15) is 0 Å². The molecule has 2 fully saturated rings. The molecule has 2 heterocycles. The summed E-state index contributed by atoms with van der Waals surface area (Å²) in [7, 11) is 0. The monoisotopic (exact) mass is 304 g/mol. The van der Waals surface area contributed by atoms with Crippen LogP contribution in [0.25, 0.3) is 0 Å². The van der Waals surface area contributed by atoms with Crippen LogP contribution in [-0.2, 0) is 6.54 Å². The Labute approximate surface area is 134 Å². The number of nitrogens with zero attached hydrogens (tertiary/aromatic N) is 1. The molecule has 1 aliphatic carbocycles. The van der Waals surface area contributed by atoms with Crippen molar-refractivity contribution in [3.05, 3.63) is 46.7 Å². The molecular formula is C18H28N2S. The molecule has 2 aliphatic rings. The van der Waals surface area contributed by atoms with E-state index in [1.807, 2.05) is 17.4 Å². The van der Waals surface area contributed by atoms with Crippen LogP contribution in [0, 0.1) is 5.92 Å². The molecule has 3 heteroatoms. The van der Waals surface area contributed by atoms with E-state index in [4.69, 9.17) is 0 Å². The van der Waals surface area contributed by atoms with Gasteiger partial charge in [-0.3, -0.25) is 4.90 Å². The van der Waals surface area contributed by atoms with Gasteiger partial charge in [0.05, 0.1) is 0 Å². The summed E-state index contributed by atoms with van der Waals surface area (Å²) >= 11 is 1.87. The van der Waals surface area contributed by atoms with E-state index < -0.39 is 0 Å². The third-order valence-corrected chi connectivity index (χ3v) is 5.34. The van der Waals surface area contributed by atoms with E-state index in [-0.39, 0.29) is 1.43 Å². The maximum Gasteiger partial charge on any atom is 0.0327 e. The van der Waals surface area contributed by atoms with Crippen molar-refractivity contribution in [2.24, 2.45) is 5.92 Å². The Balaban J connectivity index is 0.00000176. The van der Waals surface area contributed by atoms with Gasteiger partial charge in [0.2, 0.25) is 0 Å². The number of rotatable bonds is 7. The fourth-order valence-electron chi connectivity index (χ4n) is 2.95. The number of thiophene rings is 1. The molecular weight excluding hydrogens is 276 g/mol. The second kappa shape index (κ2) is 7.39. The normalized spacial score (nSPS) is 21.6. The van der Waals surface area contributed by atoms with Gasteiger partial charge in [-0.1, -0.05) is 24.8 Å². The Bertz CT molecular complexity index is 471. The van der Waals surface area contributed by atoms with Gasteiger partial charge in [0, 0.05) is 25.4 Å². The molecule has 0 aromatic carbocycles. The Kier molecular flexibility index (Phi) is 5.28. The van der Waals surface area contributed by atoms with Crippen molar-refractivity contribution in [3.63, 3.8) is 0 Å². The molecule has 0 radical (unpaired) electrons. The highest BCUT2D eigenvalue weighted by atomic mass is 32.1. The molecule has 0 atom stereocenters. The van der Waals surface area contributed by atoms with Crippen LogP contribution in [0.15, 0.2) is 41.8 Å². The van der Waals surface area contributed by atoms with E-state index in [0.717, 1.165) is 19.0 Å². The van der Waals surface area contributed by atoms with Crippen molar-refractivity contribution in [1.29, 1.82) is 0 Å². The minimum Gasteiger partial charge on any atom is -0.310 e. The summed E-state index contributed by atoms with van der Waals surface area (Å²) in [6, 6.07) is 5.07. The number of hydrogen-bond donors (Lipinski definition) is 1. The Morgan fingerprint density at radius 2 is 2.19 bits per heavy atom. The molecule has 0 unspecified atom stereocenters. The molecule has 0 spiro atoms. The van der Waals surface area contributed by atoms with Crippen molar-refractivity contribution in [2.45, 2.75) is 38.3 Å². The van der Waals surface area contributed by atoms with E-state index in [2.05, 4.69) is 40.4 Å². The largest absolute Gasteiger partial charge is 0.310 e. The topological polar surface area (TPSA) is 15.3 Å². The molecule has 1 aliphatic heterocycles. The molecule has 1 aromatic heterocycles. The van der Waals surface area contributed by atoms with E-state index in [0.29, 0.717) is 6.04 Å². The first-order chi connectivity index (χ1) is 10.3. The van der Waals surface area contributed by atoms with Crippen molar-refractivity contribution in [1.82, 2.24) is 10.2 Å². The fourth-order valence-corrected chi connectivity index (χ4v) is 3.69. The van der Waals surface area contributed by atoms with Gasteiger partial charge < -0.3 is 5.32 Å². The number of piperidine rings is 1. The Hall–Kier alpha value is -0.900. The predicted octanol–water partition coefficient (Wildman–Crippen LogP) is 4.07. The summed E-state index contributed by atoms with van der Waals surface area (Å²) < 4.78 is 0. The smallest absolute Gasteiger partial charge is 0.0327 e. The first-order valence-electron chi connectivity index (χ1n) is 8.15. The van der Waals surface area contributed by atoms with Crippen LogP contribution >= 0.6 is 11.3 Å². The zero-order valence-electron chi connectivity index (χ0n) is 12.8. The molecule has 21 heavy (non-hydrogen) atoms. The zero-order valence-corrected chi connectivity index (χ0v) is 13.6. The molecule has 116 valence electrons. The molecule has 1 N–H and O–H groups in total. The maximum absolute atomic E-state index is 3.94. The molecule has 0 bridgehead atoms. The van der Waals surface area contributed by atoms with E-state index in [1.54, 1.807) is 0 Å². The number of allylic oxidation sites excluding steroid dienone is 1. The van der Waals surface area contributed by atoms with Gasteiger partial charge >= 0.3 is 0 Å². The minimum absolute atomic E-state index is 0. The Morgan fingerprint density at radius 1 is 1.38 bits per heavy atom. The SMILES string of the molecule is C=C/C(=C\C1CC1)CNC1CCN(Cc2cccs2)CC1.[HH]. The highest BCUT2D eigenvalue weighted by Gasteiger charge is 2.20. The molecule has 1 saturated heterocycles. The molecule has 1 saturated carbocycles. The van der Waals surface area contributed by atoms with Gasteiger partial charge in [-0.25, -0.2) is 0 Å². The summed E-state index contributed by atoms with van der Waals surface area (Å²) in [6.07, 6.45) is 9.71. The number of nitrogens with one attached hydrogen (secondary N) is 1. The Morgan fingerprint density at radius 3 is 2.81 bits per heavy atom. The maximum atomic E-state index is 3.94. The third kappa shape index (κ3) is 4.80. The van der Waals surface area contributed by atoms with Crippen molar-refractivity contribution >= 4 is 11.3 Å². The quantitative estimate of drug-likeness (QED) is 0.764. The highest BCUT2D eigenvalue weighted by molar-refractivity contribution is 7.09. The van der Waals surface area contributed by atoms with Gasteiger partial charge in [0.15, 0.2) is 0 Å². The van der Waals surface area contributed by atoms with Crippen LogP contribution in [0.4, 0.5) is 0 Å². The lowest BCUT2D eigenvalue weighted by molar-refractivity contribution is 0.194. The third-order valence-electron chi connectivity index (χ3n) is 4.48. The minimum atomic E-state index is 0. The van der Waals surface area contributed by atoms with Gasteiger partial charge in [-0.2, -0.15) is 0 Å². The lowest BCUT2D eigenvalue weighted by atomic mass is 10.0. The number of hydrogen-bond acceptors (Lipinski definition) is 3. The van der Waals surface area contributed by atoms with Crippen molar-refractivity contribution in [2.75, 3.05) is 19.6 Å². The second-order valence-corrected chi connectivity index (χ2v) is 7.33. The molecule has 0 amide bonds. The zero-order chi connectivity index (χ0) is 14.5. The van der Waals surface area contributed by atoms with Gasteiger partial charge in [-0.15, -0.1) is 11.3 Å². The van der Waals surface area contributed by atoms with Crippen LogP contribution < -0.4 is 5.32 Å². The van der Waals surface area contributed by atoms with E-state index >= 15 is 0 Å². The van der Waals surface area contributed by atoms with Crippen LogP contribution in [0.1, 0.15) is 32.0 Å². The predicted molar refractivity (Wildman–Crippen MR) is 93.7 cm³/mol. The fraction of sp³-hybridized carbons (Fsp3) is 0.556. The van der Waals surface area contributed by atoms with E-state index in [1.165, 1.54) is 49.2 Å². The van der Waals surface area contributed by atoms with Crippen LogP contribution in [0.5, 0.6) is 0 Å². The first kappa shape index (κ1) is 15.0. The van der Waals surface area contributed by atoms with Crippen molar-refractivity contribution < 1.29 is 1.43 Å². The summed E-state index contributed by atoms with van der Waals surface area (Å²) in [5.41, 5.74) is 1.39.